The third-order valence-electron chi connectivity index (χ3n) is 11.5. The van der Waals surface area contributed by atoms with Crippen molar-refractivity contribution in [1.29, 1.82) is 5.26 Å². The molecule has 0 bridgehead atoms. The van der Waals surface area contributed by atoms with E-state index in [0.29, 0.717) is 23.0 Å². The Hall–Kier alpha value is -8.40. The van der Waals surface area contributed by atoms with Gasteiger partial charge in [0.1, 0.15) is 22.3 Å². The first kappa shape index (κ1) is 33.7. The van der Waals surface area contributed by atoms with Crippen molar-refractivity contribution in [3.05, 3.63) is 188 Å². The molecule has 0 aliphatic rings. The summed E-state index contributed by atoms with van der Waals surface area (Å²) in [5, 5.41) is 18.2. The van der Waals surface area contributed by atoms with Crippen molar-refractivity contribution in [2.45, 2.75) is 0 Å². The lowest BCUT2D eigenvalue weighted by atomic mass is 9.92. The zero-order chi connectivity index (χ0) is 39.7. The van der Waals surface area contributed by atoms with Gasteiger partial charge in [-0.25, -0.2) is 15.0 Å². The van der Waals surface area contributed by atoms with Gasteiger partial charge >= 0.3 is 0 Å². The van der Waals surface area contributed by atoms with E-state index in [2.05, 4.69) is 97.1 Å². The average molecular weight is 767 g/mol. The molecule has 0 spiro atoms. The third kappa shape index (κ3) is 5.45. The Labute approximate surface area is 343 Å². The molecule has 0 fully saturated rings. The lowest BCUT2D eigenvalue weighted by molar-refractivity contribution is 0.669. The lowest BCUT2D eigenvalue weighted by Crippen LogP contribution is -2.00. The van der Waals surface area contributed by atoms with E-state index < -0.39 is 0 Å². The summed E-state index contributed by atoms with van der Waals surface area (Å²) in [5.41, 5.74) is 10.9. The normalized spacial score (nSPS) is 11.7. The van der Waals surface area contributed by atoms with E-state index in [-0.39, 0.29) is 0 Å². The smallest absolute Gasteiger partial charge is 0.164 e. The van der Waals surface area contributed by atoms with Crippen molar-refractivity contribution in [2.75, 3.05) is 0 Å². The minimum absolute atomic E-state index is 0.592. The van der Waals surface area contributed by atoms with Crippen LogP contribution in [0.1, 0.15) is 5.56 Å². The highest BCUT2D eigenvalue weighted by atomic mass is 16.3. The van der Waals surface area contributed by atoms with Crippen LogP contribution in [0.3, 0.4) is 0 Å². The minimum atomic E-state index is 0.592. The standard InChI is InChI=1S/C54H30N4O2/c55-31-32-9-8-12-36(27-32)38-22-24-40-41-25-21-37(29-46(41)51-50(45(40)28-38)43-14-5-7-16-48(43)60-51)33-17-19-35(20-18-33)53-56-52(34-10-2-1-3-11-34)57-54(58-53)39-23-26-49-44(30-39)42-13-4-6-15-47(42)59-49/h1-30H. The van der Waals surface area contributed by atoms with E-state index in [1.165, 1.54) is 0 Å². The summed E-state index contributed by atoms with van der Waals surface area (Å²) >= 11 is 0. The van der Waals surface area contributed by atoms with Gasteiger partial charge in [-0.2, -0.15) is 5.26 Å². The van der Waals surface area contributed by atoms with Gasteiger partial charge in [-0.3, -0.25) is 0 Å². The van der Waals surface area contributed by atoms with E-state index in [1.54, 1.807) is 0 Å². The minimum Gasteiger partial charge on any atom is -0.456 e. The van der Waals surface area contributed by atoms with E-state index in [4.69, 9.17) is 23.8 Å². The van der Waals surface area contributed by atoms with Crippen LogP contribution in [0, 0.1) is 11.3 Å². The average Bonchev–Trinajstić information content (AvgIpc) is 3.90. The van der Waals surface area contributed by atoms with Crippen LogP contribution in [0.25, 0.3) is 122 Å². The van der Waals surface area contributed by atoms with Gasteiger partial charge in [-0.15, -0.1) is 0 Å². The number of rotatable bonds is 5. The second kappa shape index (κ2) is 13.3. The number of fused-ring (bicyclic) bond motifs is 11. The van der Waals surface area contributed by atoms with Gasteiger partial charge < -0.3 is 8.83 Å². The lowest BCUT2D eigenvalue weighted by Gasteiger charge is -2.12. The van der Waals surface area contributed by atoms with Crippen LogP contribution >= 0.6 is 0 Å². The number of benzene rings is 9. The van der Waals surface area contributed by atoms with Crippen LogP contribution in [-0.2, 0) is 0 Å². The van der Waals surface area contributed by atoms with Crippen LogP contribution in [0.2, 0.25) is 0 Å². The van der Waals surface area contributed by atoms with Crippen LogP contribution in [-0.4, -0.2) is 15.0 Å². The molecule has 0 aliphatic heterocycles. The van der Waals surface area contributed by atoms with Gasteiger partial charge in [0.25, 0.3) is 0 Å². The highest BCUT2D eigenvalue weighted by Gasteiger charge is 2.19. The SMILES string of the molecule is N#Cc1cccc(-c2ccc3c4ccc(-c5ccc(-c6nc(-c7ccccc7)nc(-c7ccc8oc9ccccc9c8c7)n6)cc5)cc4c4oc5ccccc5c4c3c2)c1. The topological polar surface area (TPSA) is 88.7 Å². The molecule has 3 aromatic heterocycles. The van der Waals surface area contributed by atoms with E-state index in [1.807, 2.05) is 91.0 Å². The van der Waals surface area contributed by atoms with E-state index in [9.17, 15) is 5.26 Å². The quantitative estimate of drug-likeness (QED) is 0.162. The summed E-state index contributed by atoms with van der Waals surface area (Å²) in [6.07, 6.45) is 0. The second-order valence-electron chi connectivity index (χ2n) is 15.1. The van der Waals surface area contributed by atoms with Crippen LogP contribution in [0.4, 0.5) is 0 Å². The number of nitrogens with zero attached hydrogens (tertiary/aromatic N) is 4. The van der Waals surface area contributed by atoms with Crippen molar-refractivity contribution >= 4 is 65.4 Å². The summed E-state index contributed by atoms with van der Waals surface area (Å²) in [6.45, 7) is 0. The first-order valence-electron chi connectivity index (χ1n) is 19.8. The molecule has 12 aromatic rings. The maximum absolute atomic E-state index is 9.57. The zero-order valence-corrected chi connectivity index (χ0v) is 31.9. The Morgan fingerprint density at radius 2 is 0.850 bits per heavy atom. The van der Waals surface area contributed by atoms with Crippen molar-refractivity contribution in [3.8, 4) is 62.5 Å². The molecule has 6 heteroatoms. The summed E-state index contributed by atoms with van der Waals surface area (Å²) in [5.74, 6) is 1.79. The molecule has 0 amide bonds. The highest BCUT2D eigenvalue weighted by molar-refractivity contribution is 6.31. The number of aromatic nitrogens is 3. The summed E-state index contributed by atoms with van der Waals surface area (Å²) in [6, 6.07) is 64.1. The summed E-state index contributed by atoms with van der Waals surface area (Å²) in [4.78, 5) is 15.0. The molecule has 60 heavy (non-hydrogen) atoms. The summed E-state index contributed by atoms with van der Waals surface area (Å²) in [7, 11) is 0. The van der Waals surface area contributed by atoms with Gasteiger partial charge in [0.15, 0.2) is 17.5 Å². The maximum atomic E-state index is 9.57. The molecule has 0 unspecified atom stereocenters. The molecule has 278 valence electrons. The molecule has 0 saturated carbocycles. The Kier molecular flexibility index (Phi) is 7.50. The van der Waals surface area contributed by atoms with Gasteiger partial charge in [-0.1, -0.05) is 127 Å². The molecule has 6 nitrogen and oxygen atoms in total. The molecule has 0 atom stereocenters. The number of para-hydroxylation sites is 2. The number of furan rings is 2. The Bertz CT molecular complexity index is 3730. The molecule has 0 N–H and O–H groups in total. The van der Waals surface area contributed by atoms with Gasteiger partial charge in [0.05, 0.1) is 11.6 Å². The van der Waals surface area contributed by atoms with E-state index >= 15 is 0 Å². The van der Waals surface area contributed by atoms with Crippen molar-refractivity contribution in [1.82, 2.24) is 15.0 Å². The number of hydrogen-bond donors (Lipinski definition) is 0. The maximum Gasteiger partial charge on any atom is 0.164 e. The Morgan fingerprint density at radius 3 is 1.62 bits per heavy atom. The molecule has 3 heterocycles. The fourth-order valence-electron chi connectivity index (χ4n) is 8.61. The zero-order valence-electron chi connectivity index (χ0n) is 31.9. The van der Waals surface area contributed by atoms with Crippen molar-refractivity contribution in [3.63, 3.8) is 0 Å². The van der Waals surface area contributed by atoms with E-state index in [0.717, 1.165) is 104 Å². The third-order valence-corrected chi connectivity index (χ3v) is 11.5. The number of nitriles is 1. The van der Waals surface area contributed by atoms with Crippen molar-refractivity contribution in [2.24, 2.45) is 0 Å². The summed E-state index contributed by atoms with van der Waals surface area (Å²) < 4.78 is 12.8. The first-order valence-corrected chi connectivity index (χ1v) is 19.8. The monoisotopic (exact) mass is 766 g/mol. The van der Waals surface area contributed by atoms with Crippen LogP contribution in [0.5, 0.6) is 0 Å². The molecule has 0 saturated heterocycles. The molecule has 0 radical (unpaired) electrons. The van der Waals surface area contributed by atoms with Gasteiger partial charge in [0, 0.05) is 43.6 Å². The largest absolute Gasteiger partial charge is 0.456 e. The molecule has 0 aliphatic carbocycles. The van der Waals surface area contributed by atoms with Crippen LogP contribution < -0.4 is 0 Å². The Morgan fingerprint density at radius 1 is 0.333 bits per heavy atom. The van der Waals surface area contributed by atoms with Gasteiger partial charge in [-0.05, 0) is 93.0 Å². The fraction of sp³-hybridized carbons (Fsp3) is 0. The molecular formula is C54H30N4O2. The van der Waals surface area contributed by atoms with Crippen LogP contribution in [0.15, 0.2) is 191 Å². The fourth-order valence-corrected chi connectivity index (χ4v) is 8.61. The number of hydrogen-bond acceptors (Lipinski definition) is 6. The molecule has 12 rings (SSSR count). The molecule has 9 aromatic carbocycles. The Balaban J connectivity index is 0.972. The first-order chi connectivity index (χ1) is 29.6. The predicted octanol–water partition coefficient (Wildman–Crippen LogP) is 14.2. The van der Waals surface area contributed by atoms with Gasteiger partial charge in [0.2, 0.25) is 0 Å². The second-order valence-corrected chi connectivity index (χ2v) is 15.1. The molecular weight excluding hydrogens is 737 g/mol. The van der Waals surface area contributed by atoms with Crippen molar-refractivity contribution < 1.29 is 8.83 Å². The highest BCUT2D eigenvalue weighted by Crippen LogP contribution is 2.43. The predicted molar refractivity (Wildman–Crippen MR) is 241 cm³/mol.